The van der Waals surface area contributed by atoms with E-state index in [1.807, 2.05) is 0 Å². The highest BCUT2D eigenvalue weighted by molar-refractivity contribution is 7.89. The highest BCUT2D eigenvalue weighted by Gasteiger charge is 2.34. The standard InChI is InChI=1S/C11H20N2O4S/c14-11(15)2-1-5-18(16,17)13-10-6-8-3-4-9(7-10)12-8/h8-10,12-13H,1-7H2,(H,14,15). The number of carboxylic acid groups (broad SMARTS) is 1. The van der Waals surface area contributed by atoms with Crippen LogP contribution in [0.15, 0.2) is 0 Å². The zero-order valence-electron chi connectivity index (χ0n) is 10.3. The number of carbonyl (C=O) groups is 1. The van der Waals surface area contributed by atoms with E-state index < -0.39 is 16.0 Å². The second-order valence-corrected chi connectivity index (χ2v) is 7.11. The van der Waals surface area contributed by atoms with Gasteiger partial charge >= 0.3 is 5.97 Å². The van der Waals surface area contributed by atoms with Gasteiger partial charge in [-0.1, -0.05) is 0 Å². The second kappa shape index (κ2) is 5.54. The van der Waals surface area contributed by atoms with E-state index in [0.717, 1.165) is 25.7 Å². The van der Waals surface area contributed by atoms with Gasteiger partial charge in [0, 0.05) is 24.5 Å². The Bertz CT molecular complexity index is 397. The molecular formula is C11H20N2O4S. The van der Waals surface area contributed by atoms with Gasteiger partial charge in [0.05, 0.1) is 5.75 Å². The van der Waals surface area contributed by atoms with Crippen molar-refractivity contribution in [1.29, 1.82) is 0 Å². The smallest absolute Gasteiger partial charge is 0.303 e. The fourth-order valence-electron chi connectivity index (χ4n) is 2.88. The summed E-state index contributed by atoms with van der Waals surface area (Å²) >= 11 is 0. The molecule has 2 aliphatic heterocycles. The maximum atomic E-state index is 11.8. The number of nitrogens with one attached hydrogen (secondary N) is 2. The summed E-state index contributed by atoms with van der Waals surface area (Å²) in [5.74, 6) is -1.05. The number of piperidine rings is 1. The van der Waals surface area contributed by atoms with Gasteiger partial charge in [-0.3, -0.25) is 4.79 Å². The molecule has 2 atom stereocenters. The lowest BCUT2D eigenvalue weighted by atomic mass is 10.0. The average Bonchev–Trinajstić information content (AvgIpc) is 2.56. The zero-order chi connectivity index (χ0) is 13.2. The van der Waals surface area contributed by atoms with E-state index in [1.54, 1.807) is 0 Å². The molecular weight excluding hydrogens is 256 g/mol. The Labute approximate surface area is 107 Å². The fourth-order valence-corrected chi connectivity index (χ4v) is 4.22. The zero-order valence-corrected chi connectivity index (χ0v) is 11.1. The first-order valence-electron chi connectivity index (χ1n) is 6.42. The Morgan fingerprint density at radius 3 is 2.44 bits per heavy atom. The van der Waals surface area contributed by atoms with Crippen LogP contribution in [0, 0.1) is 0 Å². The molecule has 2 unspecified atom stereocenters. The Morgan fingerprint density at radius 2 is 1.89 bits per heavy atom. The van der Waals surface area contributed by atoms with E-state index in [0.29, 0.717) is 12.1 Å². The molecule has 0 aromatic heterocycles. The van der Waals surface area contributed by atoms with Crippen molar-refractivity contribution in [3.8, 4) is 0 Å². The van der Waals surface area contributed by atoms with E-state index in [1.165, 1.54) is 0 Å². The Hall–Kier alpha value is -0.660. The van der Waals surface area contributed by atoms with E-state index in [2.05, 4.69) is 10.0 Å². The van der Waals surface area contributed by atoms with E-state index in [4.69, 9.17) is 5.11 Å². The molecule has 6 nitrogen and oxygen atoms in total. The molecule has 0 saturated carbocycles. The van der Waals surface area contributed by atoms with Gasteiger partial charge in [-0.15, -0.1) is 0 Å². The summed E-state index contributed by atoms with van der Waals surface area (Å²) in [6.45, 7) is 0. The van der Waals surface area contributed by atoms with Crippen LogP contribution in [0.2, 0.25) is 0 Å². The first-order chi connectivity index (χ1) is 8.44. The summed E-state index contributed by atoms with van der Waals surface area (Å²) in [4.78, 5) is 10.3. The molecule has 18 heavy (non-hydrogen) atoms. The molecule has 2 bridgehead atoms. The molecule has 0 aromatic carbocycles. The van der Waals surface area contributed by atoms with Gasteiger partial charge in [0.1, 0.15) is 0 Å². The lowest BCUT2D eigenvalue weighted by molar-refractivity contribution is -0.137. The molecule has 2 heterocycles. The largest absolute Gasteiger partial charge is 0.481 e. The quantitative estimate of drug-likeness (QED) is 0.637. The first kappa shape index (κ1) is 13.8. The van der Waals surface area contributed by atoms with Gasteiger partial charge in [-0.25, -0.2) is 13.1 Å². The first-order valence-corrected chi connectivity index (χ1v) is 8.08. The maximum Gasteiger partial charge on any atom is 0.303 e. The molecule has 2 rings (SSSR count). The van der Waals surface area contributed by atoms with Crippen molar-refractivity contribution in [3.05, 3.63) is 0 Å². The van der Waals surface area contributed by atoms with Gasteiger partial charge < -0.3 is 10.4 Å². The van der Waals surface area contributed by atoms with Crippen LogP contribution in [-0.4, -0.2) is 43.4 Å². The number of hydrogen-bond donors (Lipinski definition) is 3. The third kappa shape index (κ3) is 3.93. The monoisotopic (exact) mass is 276 g/mol. The van der Waals surface area contributed by atoms with Crippen molar-refractivity contribution in [2.24, 2.45) is 0 Å². The number of rotatable bonds is 6. The topological polar surface area (TPSA) is 95.5 Å². The van der Waals surface area contributed by atoms with Crippen molar-refractivity contribution in [2.75, 3.05) is 5.75 Å². The summed E-state index contributed by atoms with van der Waals surface area (Å²) in [6, 6.07) is 0.893. The molecule has 0 aromatic rings. The number of sulfonamides is 1. The minimum absolute atomic E-state index is 0.0126. The molecule has 0 radical (unpaired) electrons. The minimum Gasteiger partial charge on any atom is -0.481 e. The molecule has 0 amide bonds. The third-order valence-corrected chi connectivity index (χ3v) is 5.14. The normalized spacial score (nSPS) is 31.4. The molecule has 0 spiro atoms. The van der Waals surface area contributed by atoms with Crippen molar-refractivity contribution >= 4 is 16.0 Å². The molecule has 104 valence electrons. The van der Waals surface area contributed by atoms with Gasteiger partial charge in [-0.2, -0.15) is 0 Å². The number of hydrogen-bond acceptors (Lipinski definition) is 4. The van der Waals surface area contributed by atoms with Crippen molar-refractivity contribution in [2.45, 2.75) is 56.7 Å². The van der Waals surface area contributed by atoms with Gasteiger partial charge in [0.2, 0.25) is 10.0 Å². The Balaban J connectivity index is 1.79. The van der Waals surface area contributed by atoms with Gasteiger partial charge in [-0.05, 0) is 32.1 Å². The van der Waals surface area contributed by atoms with Crippen LogP contribution < -0.4 is 10.0 Å². The second-order valence-electron chi connectivity index (χ2n) is 5.24. The molecule has 2 aliphatic rings. The van der Waals surface area contributed by atoms with E-state index in [-0.39, 0.29) is 24.6 Å². The Morgan fingerprint density at radius 1 is 1.28 bits per heavy atom. The third-order valence-electron chi connectivity index (χ3n) is 3.62. The molecule has 3 N–H and O–H groups in total. The predicted molar refractivity (Wildman–Crippen MR) is 66.8 cm³/mol. The lowest BCUT2D eigenvalue weighted by Crippen LogP contribution is -2.48. The molecule has 7 heteroatoms. The summed E-state index contributed by atoms with van der Waals surface area (Å²) in [7, 11) is -3.34. The van der Waals surface area contributed by atoms with Crippen LogP contribution in [0.25, 0.3) is 0 Å². The highest BCUT2D eigenvalue weighted by Crippen LogP contribution is 2.27. The van der Waals surface area contributed by atoms with E-state index in [9.17, 15) is 13.2 Å². The van der Waals surface area contributed by atoms with Crippen molar-refractivity contribution in [1.82, 2.24) is 10.0 Å². The van der Waals surface area contributed by atoms with Crippen LogP contribution in [0.5, 0.6) is 0 Å². The number of carboxylic acids is 1. The van der Waals surface area contributed by atoms with Crippen LogP contribution in [-0.2, 0) is 14.8 Å². The number of aliphatic carboxylic acids is 1. The average molecular weight is 276 g/mol. The molecule has 0 aliphatic carbocycles. The van der Waals surface area contributed by atoms with Crippen LogP contribution >= 0.6 is 0 Å². The van der Waals surface area contributed by atoms with Gasteiger partial charge in [0.25, 0.3) is 0 Å². The highest BCUT2D eigenvalue weighted by atomic mass is 32.2. The fraction of sp³-hybridized carbons (Fsp3) is 0.909. The van der Waals surface area contributed by atoms with Crippen LogP contribution in [0.4, 0.5) is 0 Å². The maximum absolute atomic E-state index is 11.8. The van der Waals surface area contributed by atoms with Gasteiger partial charge in [0.15, 0.2) is 0 Å². The summed E-state index contributed by atoms with van der Waals surface area (Å²) in [5.41, 5.74) is 0. The lowest BCUT2D eigenvalue weighted by Gasteiger charge is -2.29. The summed E-state index contributed by atoms with van der Waals surface area (Å²) < 4.78 is 26.3. The summed E-state index contributed by atoms with van der Waals surface area (Å²) in [6.07, 6.45) is 4.01. The van der Waals surface area contributed by atoms with Crippen molar-refractivity contribution in [3.63, 3.8) is 0 Å². The summed E-state index contributed by atoms with van der Waals surface area (Å²) in [5, 5.41) is 11.9. The predicted octanol–water partition coefficient (Wildman–Crippen LogP) is 0.0536. The van der Waals surface area contributed by atoms with E-state index >= 15 is 0 Å². The molecule has 2 fully saturated rings. The Kier molecular flexibility index (Phi) is 4.24. The SMILES string of the molecule is O=C(O)CCCS(=O)(=O)NC1CC2CCC(C1)N2. The van der Waals surface area contributed by atoms with Crippen LogP contribution in [0.1, 0.15) is 38.5 Å². The number of fused-ring (bicyclic) bond motifs is 2. The molecule has 2 saturated heterocycles. The van der Waals surface area contributed by atoms with Crippen molar-refractivity contribution < 1.29 is 18.3 Å². The van der Waals surface area contributed by atoms with Crippen LogP contribution in [0.3, 0.4) is 0 Å². The minimum atomic E-state index is -3.34.